The van der Waals surface area contributed by atoms with E-state index in [4.69, 9.17) is 5.73 Å². The molecule has 0 aliphatic heterocycles. The molecule has 1 aliphatic carbocycles. The molecule has 0 atom stereocenters. The lowest BCUT2D eigenvalue weighted by Crippen LogP contribution is -2.27. The van der Waals surface area contributed by atoms with Gasteiger partial charge in [-0.2, -0.15) is 0 Å². The highest BCUT2D eigenvalue weighted by atomic mass is 32.2. The van der Waals surface area contributed by atoms with Crippen molar-refractivity contribution in [3.63, 3.8) is 0 Å². The lowest BCUT2D eigenvalue weighted by atomic mass is 10.0. The number of amides is 1. The molecular weight excluding hydrogens is 354 g/mol. The maximum absolute atomic E-state index is 12.7. The third-order valence-corrected chi connectivity index (χ3v) is 5.81. The fraction of sp³-hybridized carbons (Fsp3) is 0.353. The van der Waals surface area contributed by atoms with Crippen LogP contribution in [0.25, 0.3) is 11.1 Å². The van der Waals surface area contributed by atoms with Crippen molar-refractivity contribution in [1.82, 2.24) is 14.7 Å². The Hall–Kier alpha value is -2.52. The zero-order valence-electron chi connectivity index (χ0n) is 14.6. The Kier molecular flexibility index (Phi) is 4.92. The third kappa shape index (κ3) is 4.00. The average Bonchev–Trinajstić information content (AvgIpc) is 3.37. The van der Waals surface area contributed by atoms with Crippen LogP contribution in [0, 0.1) is 12.8 Å². The predicted molar refractivity (Wildman–Crippen MR) is 98.8 cm³/mol. The topological polar surface area (TPSA) is 127 Å². The molecule has 0 spiro atoms. The van der Waals surface area contributed by atoms with E-state index in [-0.39, 0.29) is 16.6 Å². The van der Waals surface area contributed by atoms with E-state index >= 15 is 0 Å². The number of nitrogens with one attached hydrogen (secondary N) is 2. The van der Waals surface area contributed by atoms with Gasteiger partial charge in [-0.1, -0.05) is 0 Å². The minimum Gasteiger partial charge on any atom is -0.383 e. The van der Waals surface area contributed by atoms with E-state index in [2.05, 4.69) is 20.0 Å². The van der Waals surface area contributed by atoms with E-state index in [0.29, 0.717) is 35.0 Å². The van der Waals surface area contributed by atoms with Crippen molar-refractivity contribution in [2.45, 2.75) is 31.6 Å². The summed E-state index contributed by atoms with van der Waals surface area (Å²) in [5, 5.41) is 2.60. The molecule has 0 radical (unpaired) electrons. The van der Waals surface area contributed by atoms with E-state index in [1.165, 1.54) is 19.3 Å². The van der Waals surface area contributed by atoms with E-state index in [1.54, 1.807) is 19.1 Å². The minimum absolute atomic E-state index is 0.00598. The van der Waals surface area contributed by atoms with E-state index in [1.807, 2.05) is 0 Å². The summed E-state index contributed by atoms with van der Waals surface area (Å²) in [4.78, 5) is 19.4. The second-order valence-electron chi connectivity index (χ2n) is 6.42. The monoisotopic (exact) mass is 375 g/mol. The first-order chi connectivity index (χ1) is 12.3. The molecule has 3 rings (SSSR count). The van der Waals surface area contributed by atoms with Crippen molar-refractivity contribution < 1.29 is 13.2 Å². The normalized spacial score (nSPS) is 14.2. The SMILES string of the molecule is CC(=O)Nc1cc(-c2cnc(N)c(S(=O)(=O)NCC3CC3)c2C)ccn1. The van der Waals surface area contributed by atoms with Gasteiger partial charge >= 0.3 is 0 Å². The number of rotatable bonds is 6. The zero-order valence-corrected chi connectivity index (χ0v) is 15.4. The largest absolute Gasteiger partial charge is 0.383 e. The van der Waals surface area contributed by atoms with Crippen LogP contribution in [0.1, 0.15) is 25.3 Å². The molecule has 0 aromatic carbocycles. The van der Waals surface area contributed by atoms with Gasteiger partial charge in [-0.05, 0) is 48.9 Å². The molecule has 0 bridgehead atoms. The van der Waals surface area contributed by atoms with E-state index in [9.17, 15) is 13.2 Å². The van der Waals surface area contributed by atoms with Gasteiger partial charge in [-0.25, -0.2) is 23.1 Å². The number of carbonyl (C=O) groups excluding carboxylic acids is 1. The number of sulfonamides is 1. The highest BCUT2D eigenvalue weighted by Crippen LogP contribution is 2.32. The number of carbonyl (C=O) groups is 1. The van der Waals surface area contributed by atoms with Crippen LogP contribution < -0.4 is 15.8 Å². The maximum atomic E-state index is 12.7. The molecule has 1 aliphatic rings. The highest BCUT2D eigenvalue weighted by molar-refractivity contribution is 7.89. The Morgan fingerprint density at radius 1 is 1.35 bits per heavy atom. The molecule has 9 heteroatoms. The number of nitrogens with zero attached hydrogens (tertiary/aromatic N) is 2. The lowest BCUT2D eigenvalue weighted by Gasteiger charge is -2.15. The van der Waals surface area contributed by atoms with Crippen LogP contribution in [-0.2, 0) is 14.8 Å². The molecule has 8 nitrogen and oxygen atoms in total. The molecule has 2 aromatic heterocycles. The highest BCUT2D eigenvalue weighted by Gasteiger charge is 2.27. The average molecular weight is 375 g/mol. The van der Waals surface area contributed by atoms with Crippen LogP contribution in [-0.4, -0.2) is 30.8 Å². The van der Waals surface area contributed by atoms with Crippen LogP contribution >= 0.6 is 0 Å². The fourth-order valence-electron chi connectivity index (χ4n) is 2.70. The Morgan fingerprint density at radius 3 is 2.73 bits per heavy atom. The van der Waals surface area contributed by atoms with Crippen LogP contribution in [0.3, 0.4) is 0 Å². The van der Waals surface area contributed by atoms with Crippen LogP contribution in [0.4, 0.5) is 11.6 Å². The van der Waals surface area contributed by atoms with Crippen molar-refractivity contribution in [1.29, 1.82) is 0 Å². The van der Waals surface area contributed by atoms with E-state index < -0.39 is 10.0 Å². The van der Waals surface area contributed by atoms with Gasteiger partial charge in [-0.3, -0.25) is 4.79 Å². The summed E-state index contributed by atoms with van der Waals surface area (Å²) in [6.07, 6.45) is 5.14. The molecule has 0 saturated heterocycles. The van der Waals surface area contributed by atoms with Crippen LogP contribution in [0.5, 0.6) is 0 Å². The summed E-state index contributed by atoms with van der Waals surface area (Å²) in [6, 6.07) is 3.38. The van der Waals surface area contributed by atoms with Gasteiger partial charge in [0, 0.05) is 31.4 Å². The lowest BCUT2D eigenvalue weighted by molar-refractivity contribution is -0.114. The van der Waals surface area contributed by atoms with Crippen LogP contribution in [0.15, 0.2) is 29.4 Å². The third-order valence-electron chi connectivity index (χ3n) is 4.21. The summed E-state index contributed by atoms with van der Waals surface area (Å²) < 4.78 is 28.0. The van der Waals surface area contributed by atoms with Crippen molar-refractivity contribution in [3.05, 3.63) is 30.1 Å². The standard InChI is InChI=1S/C17H21N5O3S/c1-10-14(13-5-6-19-15(7-13)22-11(2)23)9-20-17(18)16(10)26(24,25)21-8-12-3-4-12/h5-7,9,12,21H,3-4,8H2,1-2H3,(H2,18,20)(H,19,22,23). The molecule has 0 unspecified atom stereocenters. The first-order valence-electron chi connectivity index (χ1n) is 8.26. The Labute approximate surface area is 152 Å². The fourth-order valence-corrected chi connectivity index (χ4v) is 4.14. The molecule has 138 valence electrons. The van der Waals surface area contributed by atoms with Crippen molar-refractivity contribution in [2.24, 2.45) is 5.92 Å². The molecule has 1 amide bonds. The zero-order chi connectivity index (χ0) is 18.9. The Bertz CT molecular complexity index is 955. The molecule has 2 heterocycles. The van der Waals surface area contributed by atoms with Crippen molar-refractivity contribution in [3.8, 4) is 11.1 Å². The summed E-state index contributed by atoms with van der Waals surface area (Å²) in [6.45, 7) is 3.49. The number of aromatic nitrogens is 2. The molecule has 2 aromatic rings. The predicted octanol–water partition coefficient (Wildman–Crippen LogP) is 1.68. The molecular formula is C17H21N5O3S. The van der Waals surface area contributed by atoms with Gasteiger partial charge in [-0.15, -0.1) is 0 Å². The van der Waals surface area contributed by atoms with Gasteiger partial charge in [0.05, 0.1) is 0 Å². The summed E-state index contributed by atoms with van der Waals surface area (Å²) >= 11 is 0. The number of hydrogen-bond acceptors (Lipinski definition) is 6. The van der Waals surface area contributed by atoms with E-state index in [0.717, 1.165) is 12.8 Å². The molecule has 1 fully saturated rings. The first kappa shape index (κ1) is 18.3. The van der Waals surface area contributed by atoms with Crippen molar-refractivity contribution >= 4 is 27.6 Å². The first-order valence-corrected chi connectivity index (χ1v) is 9.75. The number of nitrogen functional groups attached to an aromatic ring is 1. The molecule has 26 heavy (non-hydrogen) atoms. The number of hydrogen-bond donors (Lipinski definition) is 3. The second-order valence-corrected chi connectivity index (χ2v) is 8.12. The van der Waals surface area contributed by atoms with Gasteiger partial charge in [0.1, 0.15) is 16.5 Å². The Balaban J connectivity index is 2.00. The molecule has 4 N–H and O–H groups in total. The molecule has 1 saturated carbocycles. The van der Waals surface area contributed by atoms with Crippen molar-refractivity contribution in [2.75, 3.05) is 17.6 Å². The summed E-state index contributed by atoms with van der Waals surface area (Å²) in [7, 11) is -3.76. The van der Waals surface area contributed by atoms with Gasteiger partial charge in [0.25, 0.3) is 0 Å². The van der Waals surface area contributed by atoms with Crippen LogP contribution in [0.2, 0.25) is 0 Å². The maximum Gasteiger partial charge on any atom is 0.244 e. The van der Waals surface area contributed by atoms with Gasteiger partial charge < -0.3 is 11.1 Å². The summed E-state index contributed by atoms with van der Waals surface area (Å²) in [5.41, 5.74) is 7.67. The number of anilines is 2. The van der Waals surface area contributed by atoms with Gasteiger partial charge in [0.15, 0.2) is 0 Å². The number of pyridine rings is 2. The smallest absolute Gasteiger partial charge is 0.244 e. The minimum atomic E-state index is -3.76. The second kappa shape index (κ2) is 7.00. The summed E-state index contributed by atoms with van der Waals surface area (Å²) in [5.74, 6) is 0.505. The quantitative estimate of drug-likeness (QED) is 0.705. The Morgan fingerprint density at radius 2 is 2.08 bits per heavy atom. The van der Waals surface area contributed by atoms with Gasteiger partial charge in [0.2, 0.25) is 15.9 Å². The number of nitrogens with two attached hydrogens (primary N) is 1.